The molecule has 1 aromatic rings. The van der Waals surface area contributed by atoms with Crippen LogP contribution in [-0.2, 0) is 11.3 Å². The van der Waals surface area contributed by atoms with Gasteiger partial charge in [0.25, 0.3) is 0 Å². The molecule has 0 unspecified atom stereocenters. The molecule has 1 amide bonds. The van der Waals surface area contributed by atoms with Crippen LogP contribution in [-0.4, -0.2) is 35.6 Å². The van der Waals surface area contributed by atoms with Gasteiger partial charge in [-0.2, -0.15) is 0 Å². The molecule has 1 saturated heterocycles. The predicted octanol–water partition coefficient (Wildman–Crippen LogP) is 1.18. The molecular weight excluding hydrogens is 272 g/mol. The zero-order valence-electron chi connectivity index (χ0n) is 11.5. The number of aliphatic hydroxyl groups excluding tert-OH is 1. The zero-order chi connectivity index (χ0) is 14.4. The molecule has 1 fully saturated rings. The fourth-order valence-electron chi connectivity index (χ4n) is 2.37. The summed E-state index contributed by atoms with van der Waals surface area (Å²) in [6.07, 6.45) is 2.22. The van der Waals surface area contributed by atoms with E-state index in [9.17, 15) is 4.79 Å². The van der Waals surface area contributed by atoms with Crippen molar-refractivity contribution in [2.75, 3.05) is 19.7 Å². The smallest absolute Gasteiger partial charge is 0.220 e. The molecule has 0 aliphatic carbocycles. The Morgan fingerprint density at radius 1 is 1.50 bits per heavy atom. The van der Waals surface area contributed by atoms with E-state index in [0.717, 1.165) is 38.0 Å². The number of aliphatic hydroxyl groups is 1. The van der Waals surface area contributed by atoms with Crippen molar-refractivity contribution in [1.29, 1.82) is 0 Å². The van der Waals surface area contributed by atoms with Crippen molar-refractivity contribution in [3.8, 4) is 11.8 Å². The second kappa shape index (κ2) is 7.44. The van der Waals surface area contributed by atoms with Gasteiger partial charge in [-0.05, 0) is 37.4 Å². The van der Waals surface area contributed by atoms with Gasteiger partial charge in [0.2, 0.25) is 5.91 Å². The first-order chi connectivity index (χ1) is 9.70. The molecule has 20 heavy (non-hydrogen) atoms. The van der Waals surface area contributed by atoms with Gasteiger partial charge < -0.3 is 10.8 Å². The van der Waals surface area contributed by atoms with Crippen LogP contribution in [0, 0.1) is 17.8 Å². The van der Waals surface area contributed by atoms with Gasteiger partial charge in [0.05, 0.1) is 6.61 Å². The fourth-order valence-corrected chi connectivity index (χ4v) is 3.24. The summed E-state index contributed by atoms with van der Waals surface area (Å²) in [5.74, 6) is 5.94. The lowest BCUT2D eigenvalue weighted by molar-refractivity contribution is -0.123. The summed E-state index contributed by atoms with van der Waals surface area (Å²) in [6, 6.07) is 2.03. The van der Waals surface area contributed by atoms with Crippen LogP contribution in [0.2, 0.25) is 0 Å². The first kappa shape index (κ1) is 15.0. The number of nitrogens with two attached hydrogens (primary N) is 1. The molecule has 1 aliphatic heterocycles. The average Bonchev–Trinajstić information content (AvgIpc) is 2.87. The largest absolute Gasteiger partial charge is 0.395 e. The summed E-state index contributed by atoms with van der Waals surface area (Å²) in [5.41, 5.74) is 6.40. The lowest BCUT2D eigenvalue weighted by atomic mass is 9.96. The van der Waals surface area contributed by atoms with Crippen molar-refractivity contribution >= 4 is 17.2 Å². The molecule has 108 valence electrons. The third-order valence-corrected chi connectivity index (χ3v) is 4.47. The van der Waals surface area contributed by atoms with Crippen LogP contribution in [0.25, 0.3) is 0 Å². The number of carbonyl (C=O) groups is 1. The second-order valence-electron chi connectivity index (χ2n) is 4.99. The number of likely N-dealkylation sites (tertiary alicyclic amines) is 1. The Labute approximate surface area is 123 Å². The maximum Gasteiger partial charge on any atom is 0.220 e. The van der Waals surface area contributed by atoms with Crippen molar-refractivity contribution in [2.45, 2.75) is 25.8 Å². The Morgan fingerprint density at radius 2 is 2.25 bits per heavy atom. The summed E-state index contributed by atoms with van der Waals surface area (Å²) >= 11 is 1.71. The van der Waals surface area contributed by atoms with Gasteiger partial charge in [-0.3, -0.25) is 9.69 Å². The zero-order valence-corrected chi connectivity index (χ0v) is 12.3. The average molecular weight is 292 g/mol. The van der Waals surface area contributed by atoms with Gasteiger partial charge in [0.1, 0.15) is 0 Å². The highest BCUT2D eigenvalue weighted by molar-refractivity contribution is 7.10. The Hall–Kier alpha value is -1.35. The van der Waals surface area contributed by atoms with E-state index in [1.807, 2.05) is 6.07 Å². The molecule has 2 rings (SSSR count). The van der Waals surface area contributed by atoms with Crippen molar-refractivity contribution in [3.63, 3.8) is 0 Å². The molecule has 0 atom stereocenters. The maximum atomic E-state index is 11.1. The van der Waals surface area contributed by atoms with Gasteiger partial charge in [0.15, 0.2) is 0 Å². The van der Waals surface area contributed by atoms with Crippen LogP contribution in [0.5, 0.6) is 0 Å². The lowest BCUT2D eigenvalue weighted by Crippen LogP contribution is -2.38. The molecule has 4 nitrogen and oxygen atoms in total. The van der Waals surface area contributed by atoms with Gasteiger partial charge >= 0.3 is 0 Å². The topological polar surface area (TPSA) is 66.6 Å². The van der Waals surface area contributed by atoms with E-state index >= 15 is 0 Å². The molecule has 3 N–H and O–H groups in total. The van der Waals surface area contributed by atoms with Gasteiger partial charge in [0, 0.05) is 29.3 Å². The Bertz CT molecular complexity index is 507. The SMILES string of the molecule is NC(=O)C1CCN(Cc2sccc2C#CCCO)CC1. The molecule has 1 aliphatic rings. The van der Waals surface area contributed by atoms with E-state index in [1.165, 1.54) is 4.88 Å². The fraction of sp³-hybridized carbons (Fsp3) is 0.533. The van der Waals surface area contributed by atoms with Gasteiger partial charge in [-0.1, -0.05) is 11.8 Å². The molecule has 1 aromatic heterocycles. The molecule has 0 spiro atoms. The highest BCUT2D eigenvalue weighted by atomic mass is 32.1. The number of nitrogens with zero attached hydrogens (tertiary/aromatic N) is 1. The van der Waals surface area contributed by atoms with Crippen LogP contribution in [0.15, 0.2) is 11.4 Å². The number of hydrogen-bond acceptors (Lipinski definition) is 4. The third kappa shape index (κ3) is 4.07. The van der Waals surface area contributed by atoms with Crippen molar-refractivity contribution in [3.05, 3.63) is 21.9 Å². The minimum atomic E-state index is -0.170. The van der Waals surface area contributed by atoms with Crippen LogP contribution >= 0.6 is 11.3 Å². The Balaban J connectivity index is 1.90. The van der Waals surface area contributed by atoms with E-state index in [2.05, 4.69) is 22.1 Å². The van der Waals surface area contributed by atoms with Gasteiger partial charge in [-0.15, -0.1) is 11.3 Å². The number of amides is 1. The number of primary amides is 1. The number of hydrogen-bond donors (Lipinski definition) is 2. The summed E-state index contributed by atoms with van der Waals surface area (Å²) in [7, 11) is 0. The van der Waals surface area contributed by atoms with Gasteiger partial charge in [-0.25, -0.2) is 0 Å². The lowest BCUT2D eigenvalue weighted by Gasteiger charge is -2.30. The first-order valence-electron chi connectivity index (χ1n) is 6.88. The minimum absolute atomic E-state index is 0.0402. The summed E-state index contributed by atoms with van der Waals surface area (Å²) in [6.45, 7) is 2.81. The van der Waals surface area contributed by atoms with Crippen LogP contribution in [0.4, 0.5) is 0 Å². The molecular formula is C15H20N2O2S. The van der Waals surface area contributed by atoms with E-state index in [-0.39, 0.29) is 18.4 Å². The summed E-state index contributed by atoms with van der Waals surface area (Å²) < 4.78 is 0. The first-order valence-corrected chi connectivity index (χ1v) is 7.76. The van der Waals surface area contributed by atoms with Crippen LogP contribution in [0.1, 0.15) is 29.7 Å². The number of piperidine rings is 1. The predicted molar refractivity (Wildman–Crippen MR) is 80.1 cm³/mol. The molecule has 2 heterocycles. The Kier molecular flexibility index (Phi) is 5.60. The number of rotatable bonds is 4. The highest BCUT2D eigenvalue weighted by Crippen LogP contribution is 2.22. The van der Waals surface area contributed by atoms with Crippen molar-refractivity contribution in [1.82, 2.24) is 4.90 Å². The minimum Gasteiger partial charge on any atom is -0.395 e. The molecule has 0 bridgehead atoms. The van der Waals surface area contributed by atoms with Crippen LogP contribution in [0.3, 0.4) is 0 Å². The van der Waals surface area contributed by atoms with E-state index < -0.39 is 0 Å². The normalized spacial score (nSPS) is 16.6. The standard InChI is InChI=1S/C15H20N2O2S/c16-15(19)13-4-7-17(8-5-13)11-14-12(6-10-20-14)3-1-2-9-18/h6,10,13,18H,2,4-5,7-9,11H2,(H2,16,19). The van der Waals surface area contributed by atoms with E-state index in [1.54, 1.807) is 11.3 Å². The highest BCUT2D eigenvalue weighted by Gasteiger charge is 2.23. The van der Waals surface area contributed by atoms with E-state index in [0.29, 0.717) is 6.42 Å². The third-order valence-electron chi connectivity index (χ3n) is 3.56. The second-order valence-corrected chi connectivity index (χ2v) is 5.99. The summed E-state index contributed by atoms with van der Waals surface area (Å²) in [5, 5.41) is 10.8. The number of thiophene rings is 1. The molecule has 5 heteroatoms. The quantitative estimate of drug-likeness (QED) is 0.819. The molecule has 0 saturated carbocycles. The Morgan fingerprint density at radius 3 is 2.90 bits per heavy atom. The van der Waals surface area contributed by atoms with Crippen LogP contribution < -0.4 is 5.73 Å². The molecule has 0 radical (unpaired) electrons. The summed E-state index contributed by atoms with van der Waals surface area (Å²) in [4.78, 5) is 14.8. The monoisotopic (exact) mass is 292 g/mol. The maximum absolute atomic E-state index is 11.1. The van der Waals surface area contributed by atoms with Crippen molar-refractivity contribution in [2.24, 2.45) is 11.7 Å². The van der Waals surface area contributed by atoms with E-state index in [4.69, 9.17) is 10.8 Å². The molecule has 0 aromatic carbocycles. The van der Waals surface area contributed by atoms with Crippen molar-refractivity contribution < 1.29 is 9.90 Å². The number of carbonyl (C=O) groups excluding carboxylic acids is 1.